The highest BCUT2D eigenvalue weighted by Crippen LogP contribution is 2.32. The smallest absolute Gasteiger partial charge is 0.384 e. The van der Waals surface area contributed by atoms with Gasteiger partial charge < -0.3 is 10.0 Å². The molecule has 1 aromatic heterocycles. The van der Waals surface area contributed by atoms with Gasteiger partial charge in [0.05, 0.1) is 6.20 Å². The molecular formula is C13H19F3N4O2. The molecule has 0 bridgehead atoms. The van der Waals surface area contributed by atoms with Crippen LogP contribution in [0, 0.1) is 0 Å². The summed E-state index contributed by atoms with van der Waals surface area (Å²) in [5.41, 5.74) is -0.611. The molecule has 1 atom stereocenters. The van der Waals surface area contributed by atoms with Crippen LogP contribution < -0.4 is 0 Å². The van der Waals surface area contributed by atoms with E-state index >= 15 is 0 Å². The molecule has 124 valence electrons. The van der Waals surface area contributed by atoms with E-state index in [4.69, 9.17) is 0 Å². The molecule has 0 radical (unpaired) electrons. The second kappa shape index (κ2) is 6.25. The lowest BCUT2D eigenvalue weighted by atomic mass is 10.2. The summed E-state index contributed by atoms with van der Waals surface area (Å²) in [7, 11) is 1.27. The second-order valence-electron chi connectivity index (χ2n) is 5.42. The van der Waals surface area contributed by atoms with Crippen molar-refractivity contribution >= 4 is 5.91 Å². The summed E-state index contributed by atoms with van der Waals surface area (Å²) in [5, 5.41) is 12.9. The van der Waals surface area contributed by atoms with Gasteiger partial charge in [0.15, 0.2) is 0 Å². The number of alkyl halides is 3. The van der Waals surface area contributed by atoms with Gasteiger partial charge in [-0.3, -0.25) is 14.4 Å². The van der Waals surface area contributed by atoms with Gasteiger partial charge in [-0.2, -0.15) is 18.3 Å². The van der Waals surface area contributed by atoms with Crippen molar-refractivity contribution in [1.29, 1.82) is 0 Å². The van der Waals surface area contributed by atoms with Gasteiger partial charge in [0.25, 0.3) is 5.91 Å². The van der Waals surface area contributed by atoms with Crippen LogP contribution in [0.15, 0.2) is 6.20 Å². The van der Waals surface area contributed by atoms with Gasteiger partial charge in [-0.25, -0.2) is 0 Å². The number of amides is 1. The van der Waals surface area contributed by atoms with Crippen LogP contribution in [-0.2, 0) is 24.6 Å². The maximum atomic E-state index is 13.0. The van der Waals surface area contributed by atoms with Crippen LogP contribution in [0.5, 0.6) is 0 Å². The third-order valence-electron chi connectivity index (χ3n) is 3.72. The Morgan fingerprint density at radius 2 is 1.95 bits per heavy atom. The lowest BCUT2D eigenvalue weighted by molar-refractivity contribution is -0.144. The predicted molar refractivity (Wildman–Crippen MR) is 71.7 cm³/mol. The summed E-state index contributed by atoms with van der Waals surface area (Å²) >= 11 is 0. The average Bonchev–Trinajstić information content (AvgIpc) is 2.79. The highest BCUT2D eigenvalue weighted by atomic mass is 19.4. The number of aromatic nitrogens is 2. The lowest BCUT2D eigenvalue weighted by Crippen LogP contribution is -2.50. The number of halogens is 3. The zero-order valence-corrected chi connectivity index (χ0v) is 12.5. The number of aryl methyl sites for hydroxylation is 1. The molecule has 1 unspecified atom stereocenters. The Kier molecular flexibility index (Phi) is 4.76. The van der Waals surface area contributed by atoms with E-state index in [1.807, 2.05) is 4.90 Å². The van der Waals surface area contributed by atoms with Crippen LogP contribution >= 0.6 is 0 Å². The topological polar surface area (TPSA) is 61.6 Å². The van der Waals surface area contributed by atoms with E-state index < -0.39 is 18.0 Å². The number of hydrogen-bond acceptors (Lipinski definition) is 4. The maximum absolute atomic E-state index is 13.0. The molecule has 2 rings (SSSR count). The predicted octanol–water partition coefficient (Wildman–Crippen LogP) is 0.464. The zero-order chi connectivity index (χ0) is 16.5. The summed E-state index contributed by atoms with van der Waals surface area (Å²) in [5.74, 6) is -0.350. The monoisotopic (exact) mass is 320 g/mol. The highest BCUT2D eigenvalue weighted by molar-refractivity contribution is 5.80. The van der Waals surface area contributed by atoms with Crippen molar-refractivity contribution < 1.29 is 23.1 Å². The Hall–Kier alpha value is -1.61. The zero-order valence-electron chi connectivity index (χ0n) is 12.5. The standard InChI is InChI=1S/C13H19F3N4O2/c1-9(21)12(22)20-5-3-19(4-6-20)8-10-7-17-18(2)11(10)13(14,15)16/h7,9,21H,3-6,8H2,1-2H3. The van der Waals surface area contributed by atoms with Crippen LogP contribution in [0.4, 0.5) is 13.2 Å². The van der Waals surface area contributed by atoms with E-state index in [0.717, 1.165) is 4.68 Å². The number of piperazine rings is 1. The van der Waals surface area contributed by atoms with E-state index in [9.17, 15) is 23.1 Å². The van der Waals surface area contributed by atoms with Gasteiger partial charge in [-0.15, -0.1) is 0 Å². The third kappa shape index (κ3) is 3.58. The molecule has 0 spiro atoms. The molecule has 1 aliphatic rings. The van der Waals surface area contributed by atoms with Crippen molar-refractivity contribution in [2.75, 3.05) is 26.2 Å². The Morgan fingerprint density at radius 1 is 1.36 bits per heavy atom. The highest BCUT2D eigenvalue weighted by Gasteiger charge is 2.37. The summed E-state index contributed by atoms with van der Waals surface area (Å²) in [4.78, 5) is 15.0. The molecule has 9 heteroatoms. The number of nitrogens with zero attached hydrogens (tertiary/aromatic N) is 4. The number of aliphatic hydroxyl groups is 1. The molecule has 1 N–H and O–H groups in total. The average molecular weight is 320 g/mol. The minimum absolute atomic E-state index is 0.130. The molecule has 1 fully saturated rings. The summed E-state index contributed by atoms with van der Waals surface area (Å²) in [6.45, 7) is 3.26. The Labute approximate surface area is 126 Å². The first-order valence-corrected chi connectivity index (χ1v) is 6.97. The molecule has 0 aromatic carbocycles. The molecule has 1 amide bonds. The van der Waals surface area contributed by atoms with Crippen LogP contribution in [0.3, 0.4) is 0 Å². The van der Waals surface area contributed by atoms with Gasteiger partial charge in [-0.05, 0) is 6.92 Å². The van der Waals surface area contributed by atoms with E-state index in [1.54, 1.807) is 0 Å². The van der Waals surface area contributed by atoms with E-state index in [2.05, 4.69) is 5.10 Å². The molecule has 0 aliphatic carbocycles. The normalized spacial score (nSPS) is 18.5. The van der Waals surface area contributed by atoms with Crippen molar-refractivity contribution in [3.8, 4) is 0 Å². The van der Waals surface area contributed by atoms with Crippen LogP contribution in [0.1, 0.15) is 18.2 Å². The first-order chi connectivity index (χ1) is 10.2. The third-order valence-corrected chi connectivity index (χ3v) is 3.72. The fourth-order valence-corrected chi connectivity index (χ4v) is 2.60. The Balaban J connectivity index is 1.99. The Bertz CT molecular complexity index is 534. The first-order valence-electron chi connectivity index (χ1n) is 6.97. The summed E-state index contributed by atoms with van der Waals surface area (Å²) < 4.78 is 39.8. The van der Waals surface area contributed by atoms with Crippen LogP contribution in [0.2, 0.25) is 0 Å². The SMILES string of the molecule is CC(O)C(=O)N1CCN(Cc2cnn(C)c2C(F)(F)F)CC1. The number of carbonyl (C=O) groups is 1. The minimum atomic E-state index is -4.44. The fourth-order valence-electron chi connectivity index (χ4n) is 2.60. The van der Waals surface area contributed by atoms with Gasteiger partial charge in [-0.1, -0.05) is 0 Å². The number of carbonyl (C=O) groups excluding carboxylic acids is 1. The maximum Gasteiger partial charge on any atom is 0.433 e. The van der Waals surface area contributed by atoms with Crippen molar-refractivity contribution in [2.24, 2.45) is 7.05 Å². The molecular weight excluding hydrogens is 301 g/mol. The Morgan fingerprint density at radius 3 is 2.45 bits per heavy atom. The minimum Gasteiger partial charge on any atom is -0.384 e. The van der Waals surface area contributed by atoms with Gasteiger partial charge in [0.1, 0.15) is 11.8 Å². The van der Waals surface area contributed by atoms with Gasteiger partial charge in [0, 0.05) is 45.3 Å². The largest absolute Gasteiger partial charge is 0.433 e. The molecule has 1 aliphatic heterocycles. The molecule has 1 aromatic rings. The fraction of sp³-hybridized carbons (Fsp3) is 0.692. The molecule has 0 saturated carbocycles. The van der Waals surface area contributed by atoms with Crippen LogP contribution in [-0.4, -0.2) is 62.9 Å². The van der Waals surface area contributed by atoms with Crippen molar-refractivity contribution in [1.82, 2.24) is 19.6 Å². The summed E-state index contributed by atoms with van der Waals surface area (Å²) in [6.07, 6.45) is -4.26. The first kappa shape index (κ1) is 16.8. The van der Waals surface area contributed by atoms with Gasteiger partial charge in [0.2, 0.25) is 0 Å². The lowest BCUT2D eigenvalue weighted by Gasteiger charge is -2.35. The van der Waals surface area contributed by atoms with E-state index in [0.29, 0.717) is 26.2 Å². The number of aliphatic hydroxyl groups excluding tert-OH is 1. The number of rotatable bonds is 3. The van der Waals surface area contributed by atoms with Crippen molar-refractivity contribution in [2.45, 2.75) is 25.7 Å². The van der Waals surface area contributed by atoms with Crippen LogP contribution in [0.25, 0.3) is 0 Å². The van der Waals surface area contributed by atoms with Crippen molar-refractivity contribution in [3.63, 3.8) is 0 Å². The van der Waals surface area contributed by atoms with Gasteiger partial charge >= 0.3 is 6.18 Å². The molecule has 1 saturated heterocycles. The molecule has 22 heavy (non-hydrogen) atoms. The van der Waals surface area contributed by atoms with Crippen molar-refractivity contribution in [3.05, 3.63) is 17.5 Å². The van der Waals surface area contributed by atoms with E-state index in [-0.39, 0.29) is 18.0 Å². The quantitative estimate of drug-likeness (QED) is 0.879. The summed E-state index contributed by atoms with van der Waals surface area (Å²) in [6, 6.07) is 0. The molecule has 2 heterocycles. The van der Waals surface area contributed by atoms with E-state index in [1.165, 1.54) is 25.1 Å². The number of hydrogen-bond donors (Lipinski definition) is 1. The molecule has 6 nitrogen and oxygen atoms in total. The second-order valence-corrected chi connectivity index (χ2v) is 5.42.